The van der Waals surface area contributed by atoms with Crippen molar-refractivity contribution in [3.8, 4) is 11.5 Å². The van der Waals surface area contributed by atoms with Gasteiger partial charge in [0.1, 0.15) is 0 Å². The van der Waals surface area contributed by atoms with Crippen LogP contribution >= 0.6 is 11.8 Å². The Balaban J connectivity index is 1.49. The van der Waals surface area contributed by atoms with E-state index in [1.165, 1.54) is 11.1 Å². The number of anilines is 2. The average molecular weight is 417 g/mol. The summed E-state index contributed by atoms with van der Waals surface area (Å²) in [5.41, 5.74) is 4.46. The van der Waals surface area contributed by atoms with Crippen molar-refractivity contribution >= 4 is 23.5 Å². The molecule has 0 unspecified atom stereocenters. The van der Waals surface area contributed by atoms with Gasteiger partial charge in [-0.15, -0.1) is 16.9 Å². The normalized spacial score (nSPS) is 11.4. The molecular weight excluding hydrogens is 392 g/mol. The zero-order valence-corrected chi connectivity index (χ0v) is 18.1. The summed E-state index contributed by atoms with van der Waals surface area (Å²) in [4.78, 5) is 5.17. The molecule has 4 aromatic rings. The van der Waals surface area contributed by atoms with Crippen LogP contribution in [0.25, 0.3) is 11.5 Å². The van der Waals surface area contributed by atoms with Gasteiger partial charge in [0.2, 0.25) is 0 Å². The van der Waals surface area contributed by atoms with Crippen LogP contribution in [0.2, 0.25) is 0 Å². The molecule has 152 valence electrons. The highest BCUT2D eigenvalue weighted by Gasteiger charge is 2.15. The lowest BCUT2D eigenvalue weighted by Crippen LogP contribution is -2.10. The Kier molecular flexibility index (Phi) is 5.86. The summed E-state index contributed by atoms with van der Waals surface area (Å²) in [6.07, 6.45) is 3.62. The Labute approximate surface area is 181 Å². The molecule has 0 saturated carbocycles. The topological polar surface area (TPSA) is 63.8 Å². The Morgan fingerprint density at radius 3 is 2.37 bits per heavy atom. The van der Waals surface area contributed by atoms with Crippen molar-refractivity contribution in [3.63, 3.8) is 0 Å². The van der Waals surface area contributed by atoms with Gasteiger partial charge in [-0.2, -0.15) is 0 Å². The molecule has 1 N–H and O–H groups in total. The Morgan fingerprint density at radius 2 is 1.63 bits per heavy atom. The van der Waals surface area contributed by atoms with Gasteiger partial charge in [0.15, 0.2) is 0 Å². The van der Waals surface area contributed by atoms with Crippen LogP contribution in [0, 0.1) is 0 Å². The van der Waals surface area contributed by atoms with E-state index in [9.17, 15) is 0 Å². The summed E-state index contributed by atoms with van der Waals surface area (Å²) >= 11 is 1.74. The minimum absolute atomic E-state index is 0.119. The molecule has 0 saturated heterocycles. The molecule has 4 rings (SSSR count). The number of rotatable bonds is 6. The minimum atomic E-state index is 0.119. The van der Waals surface area contributed by atoms with E-state index in [-0.39, 0.29) is 5.41 Å². The quantitative estimate of drug-likeness (QED) is 0.364. The van der Waals surface area contributed by atoms with Gasteiger partial charge in [-0.05, 0) is 52.9 Å². The number of thioether (sulfide) groups is 1. The molecular formula is C24H24N4OS. The van der Waals surface area contributed by atoms with Crippen molar-refractivity contribution in [1.82, 2.24) is 15.2 Å². The van der Waals surface area contributed by atoms with Crippen molar-refractivity contribution in [2.45, 2.75) is 36.8 Å². The van der Waals surface area contributed by atoms with Crippen molar-refractivity contribution in [2.24, 2.45) is 0 Å². The van der Waals surface area contributed by atoms with Crippen LogP contribution in [-0.4, -0.2) is 15.2 Å². The molecule has 2 aromatic carbocycles. The van der Waals surface area contributed by atoms with Gasteiger partial charge in [0.05, 0.1) is 5.56 Å². The minimum Gasteiger partial charge on any atom is -0.403 e. The van der Waals surface area contributed by atoms with E-state index < -0.39 is 0 Å². The van der Waals surface area contributed by atoms with Gasteiger partial charge < -0.3 is 9.73 Å². The zero-order chi connectivity index (χ0) is 21.0. The molecule has 0 atom stereocenters. The van der Waals surface area contributed by atoms with Gasteiger partial charge in [-0.1, -0.05) is 50.1 Å². The second kappa shape index (κ2) is 8.71. The Morgan fingerprint density at radius 1 is 0.900 bits per heavy atom. The second-order valence-corrected chi connectivity index (χ2v) is 9.02. The largest absolute Gasteiger partial charge is 0.403 e. The highest BCUT2D eigenvalue weighted by molar-refractivity contribution is 7.98. The van der Waals surface area contributed by atoms with Crippen LogP contribution < -0.4 is 5.32 Å². The third-order valence-electron chi connectivity index (χ3n) is 4.69. The van der Waals surface area contributed by atoms with E-state index in [0.717, 1.165) is 21.9 Å². The summed E-state index contributed by atoms with van der Waals surface area (Å²) in [5, 5.41) is 11.6. The average Bonchev–Trinajstić information content (AvgIpc) is 3.21. The summed E-state index contributed by atoms with van der Waals surface area (Å²) in [6, 6.07) is 20.8. The van der Waals surface area contributed by atoms with E-state index in [2.05, 4.69) is 59.5 Å². The fourth-order valence-corrected chi connectivity index (χ4v) is 3.97. The van der Waals surface area contributed by atoms with Crippen LogP contribution in [-0.2, 0) is 11.2 Å². The molecule has 0 aliphatic rings. The van der Waals surface area contributed by atoms with Crippen molar-refractivity contribution < 1.29 is 4.42 Å². The van der Waals surface area contributed by atoms with Gasteiger partial charge in [-0.3, -0.25) is 4.98 Å². The Bertz CT molecular complexity index is 1100. The predicted octanol–water partition coefficient (Wildman–Crippen LogP) is 6.47. The molecule has 0 amide bonds. The molecule has 2 aromatic heterocycles. The third kappa shape index (κ3) is 4.89. The molecule has 2 heterocycles. The first-order chi connectivity index (χ1) is 14.5. The van der Waals surface area contributed by atoms with E-state index in [0.29, 0.717) is 11.9 Å². The van der Waals surface area contributed by atoms with Crippen molar-refractivity contribution in [2.75, 3.05) is 5.32 Å². The first kappa shape index (κ1) is 20.2. The SMILES string of the molecule is CC(C)(C)c1ccc(Nc2nnc(-c3ccccc3SCc3ccncc3)o2)cc1. The fourth-order valence-electron chi connectivity index (χ4n) is 2.97. The maximum absolute atomic E-state index is 5.91. The molecule has 0 fully saturated rings. The number of nitrogens with zero attached hydrogens (tertiary/aromatic N) is 3. The summed E-state index contributed by atoms with van der Waals surface area (Å²) in [6.45, 7) is 6.59. The van der Waals surface area contributed by atoms with Crippen molar-refractivity contribution in [1.29, 1.82) is 0 Å². The zero-order valence-electron chi connectivity index (χ0n) is 17.3. The van der Waals surface area contributed by atoms with Gasteiger partial charge >= 0.3 is 6.01 Å². The summed E-state index contributed by atoms with van der Waals surface area (Å²) in [7, 11) is 0. The number of hydrogen-bond donors (Lipinski definition) is 1. The summed E-state index contributed by atoms with van der Waals surface area (Å²) in [5.74, 6) is 1.35. The van der Waals surface area contributed by atoms with Crippen LogP contribution in [0.15, 0.2) is 82.4 Å². The first-order valence-corrected chi connectivity index (χ1v) is 10.8. The van der Waals surface area contributed by atoms with Crippen molar-refractivity contribution in [3.05, 3.63) is 84.2 Å². The second-order valence-electron chi connectivity index (χ2n) is 8.01. The monoisotopic (exact) mass is 416 g/mol. The lowest BCUT2D eigenvalue weighted by atomic mass is 9.87. The standard InChI is InChI=1S/C24H24N4OS/c1-24(2,3)18-8-10-19(11-9-18)26-23-28-27-22(29-23)20-6-4-5-7-21(20)30-16-17-12-14-25-15-13-17/h4-15H,16H2,1-3H3,(H,26,28). The van der Waals surface area contributed by atoms with Crippen LogP contribution in [0.3, 0.4) is 0 Å². The van der Waals surface area contributed by atoms with Gasteiger partial charge in [-0.25, -0.2) is 0 Å². The highest BCUT2D eigenvalue weighted by Crippen LogP contribution is 2.33. The molecule has 5 nitrogen and oxygen atoms in total. The number of pyridine rings is 1. The molecule has 0 aliphatic carbocycles. The molecule has 0 aliphatic heterocycles. The van der Waals surface area contributed by atoms with E-state index in [1.807, 2.05) is 54.9 Å². The molecule has 6 heteroatoms. The van der Waals surface area contributed by atoms with E-state index >= 15 is 0 Å². The highest BCUT2D eigenvalue weighted by atomic mass is 32.2. The van der Waals surface area contributed by atoms with E-state index in [4.69, 9.17) is 4.42 Å². The molecule has 0 radical (unpaired) electrons. The molecule has 0 bridgehead atoms. The lowest BCUT2D eigenvalue weighted by molar-refractivity contribution is 0.585. The number of benzene rings is 2. The smallest absolute Gasteiger partial charge is 0.320 e. The van der Waals surface area contributed by atoms with Gasteiger partial charge in [0.25, 0.3) is 5.89 Å². The predicted molar refractivity (Wildman–Crippen MR) is 122 cm³/mol. The third-order valence-corrected chi connectivity index (χ3v) is 5.83. The summed E-state index contributed by atoms with van der Waals surface area (Å²) < 4.78 is 5.91. The number of nitrogens with one attached hydrogen (secondary N) is 1. The Hall–Kier alpha value is -3.12. The molecule has 0 spiro atoms. The van der Waals surface area contributed by atoms with Crippen LogP contribution in [0.1, 0.15) is 31.9 Å². The number of hydrogen-bond acceptors (Lipinski definition) is 6. The number of aromatic nitrogens is 3. The first-order valence-electron chi connectivity index (χ1n) is 9.81. The maximum Gasteiger partial charge on any atom is 0.320 e. The fraction of sp³-hybridized carbons (Fsp3) is 0.208. The lowest BCUT2D eigenvalue weighted by Gasteiger charge is -2.19. The van der Waals surface area contributed by atoms with Gasteiger partial charge in [0, 0.05) is 28.7 Å². The van der Waals surface area contributed by atoms with Crippen LogP contribution in [0.4, 0.5) is 11.7 Å². The van der Waals surface area contributed by atoms with E-state index in [1.54, 1.807) is 11.8 Å². The maximum atomic E-state index is 5.91. The van der Waals surface area contributed by atoms with Crippen LogP contribution in [0.5, 0.6) is 0 Å². The molecule has 30 heavy (non-hydrogen) atoms.